The van der Waals surface area contributed by atoms with Gasteiger partial charge < -0.3 is 20.7 Å². The Balaban J connectivity index is 1.27. The Labute approximate surface area is 263 Å². The number of nitrogens with two attached hydrogens (primary N) is 1. The highest BCUT2D eigenvalue weighted by atomic mass is 19.4. The molecule has 7 rings (SSSR count). The minimum absolute atomic E-state index is 0.00549. The fourth-order valence-corrected chi connectivity index (χ4v) is 7.02. The number of fused-ring (bicyclic) bond motifs is 2. The third kappa shape index (κ3) is 5.74. The second-order valence-corrected chi connectivity index (χ2v) is 12.3. The van der Waals surface area contributed by atoms with Gasteiger partial charge in [-0.1, -0.05) is 6.42 Å². The number of pyridine rings is 1. The molecule has 3 fully saturated rings. The Morgan fingerprint density at radius 2 is 1.83 bits per heavy atom. The zero-order chi connectivity index (χ0) is 32.0. The molecule has 2 atom stereocenters. The molecule has 1 aromatic carbocycles. The Bertz CT molecular complexity index is 1800. The zero-order valence-electron chi connectivity index (χ0n) is 25.1. The summed E-state index contributed by atoms with van der Waals surface area (Å²) >= 11 is 0. The number of nitrogens with zero attached hydrogens (tertiary/aromatic N) is 5. The summed E-state index contributed by atoms with van der Waals surface area (Å²) in [6, 6.07) is 6.83. The lowest BCUT2D eigenvalue weighted by molar-refractivity contribution is -0.137. The van der Waals surface area contributed by atoms with E-state index in [1.807, 2.05) is 15.5 Å². The van der Waals surface area contributed by atoms with Crippen LogP contribution in [0.15, 0.2) is 48.9 Å². The van der Waals surface area contributed by atoms with E-state index in [1.54, 1.807) is 24.4 Å². The predicted molar refractivity (Wildman–Crippen MR) is 164 cm³/mol. The van der Waals surface area contributed by atoms with Crippen molar-refractivity contribution in [3.8, 4) is 17.0 Å². The number of piperidine rings is 1. The molecule has 5 heterocycles. The number of nitrogen functional groups attached to an aromatic ring is 1. The summed E-state index contributed by atoms with van der Waals surface area (Å²) in [4.78, 5) is 41.2. The molecule has 2 saturated heterocycles. The van der Waals surface area contributed by atoms with Crippen molar-refractivity contribution in [3.05, 3.63) is 65.9 Å². The van der Waals surface area contributed by atoms with Crippen molar-refractivity contribution in [2.45, 2.75) is 82.0 Å². The Kier molecular flexibility index (Phi) is 7.77. The molecule has 1 saturated carbocycles. The summed E-state index contributed by atoms with van der Waals surface area (Å²) in [7, 11) is 0. The lowest BCUT2D eigenvalue weighted by atomic mass is 9.92. The van der Waals surface area contributed by atoms with Crippen LogP contribution in [0, 0.1) is 0 Å². The van der Waals surface area contributed by atoms with Gasteiger partial charge in [0.1, 0.15) is 34.4 Å². The minimum atomic E-state index is -4.57. The van der Waals surface area contributed by atoms with Crippen LogP contribution >= 0.6 is 0 Å². The second kappa shape index (κ2) is 11.9. The van der Waals surface area contributed by atoms with Crippen molar-refractivity contribution in [1.29, 1.82) is 0 Å². The molecule has 10 nitrogen and oxygen atoms in total. The first-order valence-electron chi connectivity index (χ1n) is 15.7. The van der Waals surface area contributed by atoms with Crippen LogP contribution in [0.5, 0.6) is 5.75 Å². The number of carbonyl (C=O) groups is 2. The van der Waals surface area contributed by atoms with E-state index in [0.717, 1.165) is 75.5 Å². The second-order valence-electron chi connectivity index (χ2n) is 12.3. The first-order valence-corrected chi connectivity index (χ1v) is 15.7. The van der Waals surface area contributed by atoms with Gasteiger partial charge in [0.25, 0.3) is 5.91 Å². The molecule has 3 aliphatic rings. The summed E-state index contributed by atoms with van der Waals surface area (Å²) in [5.74, 6) is 0.804. The number of amides is 2. The van der Waals surface area contributed by atoms with Gasteiger partial charge in [-0.15, -0.1) is 0 Å². The molecule has 0 radical (unpaired) electrons. The van der Waals surface area contributed by atoms with Gasteiger partial charge in [0.2, 0.25) is 5.91 Å². The van der Waals surface area contributed by atoms with Crippen LogP contribution in [0.1, 0.15) is 85.5 Å². The Hall–Kier alpha value is -4.68. The third-order valence-electron chi connectivity index (χ3n) is 9.37. The first-order chi connectivity index (χ1) is 22.2. The molecule has 240 valence electrons. The fraction of sp³-hybridized carbons (Fsp3) is 0.424. The summed E-state index contributed by atoms with van der Waals surface area (Å²) in [5.41, 5.74) is 7.51. The van der Waals surface area contributed by atoms with Crippen LogP contribution in [0.2, 0.25) is 0 Å². The van der Waals surface area contributed by atoms with Gasteiger partial charge in [-0.05, 0) is 75.3 Å². The van der Waals surface area contributed by atoms with Gasteiger partial charge >= 0.3 is 6.18 Å². The third-order valence-corrected chi connectivity index (χ3v) is 9.37. The van der Waals surface area contributed by atoms with E-state index in [0.29, 0.717) is 35.5 Å². The number of nitrogens with one attached hydrogen (secondary N) is 1. The number of imidazole rings is 1. The van der Waals surface area contributed by atoms with Crippen molar-refractivity contribution in [3.63, 3.8) is 0 Å². The van der Waals surface area contributed by atoms with E-state index in [9.17, 15) is 22.8 Å². The molecular weight excluding hydrogens is 599 g/mol. The molecule has 0 spiro atoms. The number of hydrogen-bond donors (Lipinski definition) is 2. The Morgan fingerprint density at radius 1 is 1.00 bits per heavy atom. The van der Waals surface area contributed by atoms with Gasteiger partial charge in [0.15, 0.2) is 0 Å². The van der Waals surface area contributed by atoms with Gasteiger partial charge in [0, 0.05) is 54.6 Å². The number of alkyl halides is 3. The van der Waals surface area contributed by atoms with E-state index < -0.39 is 17.6 Å². The van der Waals surface area contributed by atoms with Crippen LogP contribution in [-0.2, 0) is 11.0 Å². The maximum Gasteiger partial charge on any atom is 0.416 e. The number of hydrogen-bond acceptors (Lipinski definition) is 7. The monoisotopic (exact) mass is 633 g/mol. The van der Waals surface area contributed by atoms with E-state index in [2.05, 4.69) is 15.3 Å². The summed E-state index contributed by atoms with van der Waals surface area (Å²) in [6.45, 7) is 0.582. The molecule has 46 heavy (non-hydrogen) atoms. The highest BCUT2D eigenvalue weighted by molar-refractivity contribution is 6.04. The fourth-order valence-electron chi connectivity index (χ4n) is 7.02. The number of halogens is 3. The van der Waals surface area contributed by atoms with Crippen molar-refractivity contribution in [2.24, 2.45) is 0 Å². The van der Waals surface area contributed by atoms with Gasteiger partial charge in [-0.3, -0.25) is 14.0 Å². The van der Waals surface area contributed by atoms with Crippen molar-refractivity contribution >= 4 is 29.0 Å². The van der Waals surface area contributed by atoms with Gasteiger partial charge in [0.05, 0.1) is 11.7 Å². The zero-order valence-corrected chi connectivity index (χ0v) is 25.1. The number of carbonyl (C=O) groups excluding carboxylic acids is 2. The highest BCUT2D eigenvalue weighted by Crippen LogP contribution is 2.41. The lowest BCUT2D eigenvalue weighted by Crippen LogP contribution is -2.41. The molecule has 2 amide bonds. The van der Waals surface area contributed by atoms with Crippen LogP contribution in [-0.4, -0.2) is 54.8 Å². The molecule has 1 aliphatic carbocycles. The molecule has 4 aromatic rings. The number of benzene rings is 1. The van der Waals surface area contributed by atoms with Crippen molar-refractivity contribution in [1.82, 2.24) is 24.3 Å². The van der Waals surface area contributed by atoms with Crippen LogP contribution in [0.3, 0.4) is 0 Å². The largest absolute Gasteiger partial charge is 0.490 e. The average molecular weight is 634 g/mol. The lowest BCUT2D eigenvalue weighted by Gasteiger charge is -2.34. The smallest absolute Gasteiger partial charge is 0.416 e. The molecule has 3 aromatic heterocycles. The standard InChI is InChI=1S/C33H34F3N7O3/c34-33(35,36)21-12-13-38-26(17-21)40-32(45)19-7-10-24(25(16-19)46-23-4-2-1-3-5-23)28-29-30(37)39-14-15-42(29)31(41-28)20-6-8-22-9-11-27(44)43(22)18-20/h7,10,12-17,20,22-23H,1-6,8-9,11,18H2,(H2,37,39)(H,38,40,45). The topological polar surface area (TPSA) is 128 Å². The SMILES string of the molecule is Nc1nccn2c(C3CCC4CCC(=O)N4C3)nc(-c3ccc(C(=O)Nc4cc(C(F)(F)F)ccn4)cc3OC3CCCCC3)c12. The van der Waals surface area contributed by atoms with E-state index in [4.69, 9.17) is 15.5 Å². The maximum atomic E-state index is 13.3. The normalized spacial score (nSPS) is 20.6. The van der Waals surface area contributed by atoms with Crippen LogP contribution in [0.25, 0.3) is 16.8 Å². The molecule has 3 N–H and O–H groups in total. The van der Waals surface area contributed by atoms with Crippen LogP contribution in [0.4, 0.5) is 24.8 Å². The van der Waals surface area contributed by atoms with E-state index in [1.165, 1.54) is 0 Å². The molecular formula is C33H34F3N7O3. The van der Waals surface area contributed by atoms with Crippen molar-refractivity contribution in [2.75, 3.05) is 17.6 Å². The summed E-state index contributed by atoms with van der Waals surface area (Å²) < 4.78 is 48.2. The maximum absolute atomic E-state index is 13.3. The summed E-state index contributed by atoms with van der Waals surface area (Å²) in [6.07, 6.45) is 7.93. The number of aromatic nitrogens is 4. The molecule has 2 unspecified atom stereocenters. The van der Waals surface area contributed by atoms with Gasteiger partial charge in [-0.25, -0.2) is 15.0 Å². The van der Waals surface area contributed by atoms with Crippen molar-refractivity contribution < 1.29 is 27.5 Å². The van der Waals surface area contributed by atoms with E-state index >= 15 is 0 Å². The quantitative estimate of drug-likeness (QED) is 0.258. The highest BCUT2D eigenvalue weighted by Gasteiger charge is 2.38. The summed E-state index contributed by atoms with van der Waals surface area (Å²) in [5, 5.41) is 2.48. The predicted octanol–water partition coefficient (Wildman–Crippen LogP) is 6.22. The first kappa shape index (κ1) is 30.0. The number of ether oxygens (including phenoxy) is 1. The average Bonchev–Trinajstić information content (AvgIpc) is 3.62. The van der Waals surface area contributed by atoms with E-state index in [-0.39, 0.29) is 41.2 Å². The molecule has 13 heteroatoms. The Morgan fingerprint density at radius 3 is 2.63 bits per heavy atom. The molecule has 0 bridgehead atoms. The minimum Gasteiger partial charge on any atom is -0.490 e. The van der Waals surface area contributed by atoms with Crippen LogP contribution < -0.4 is 15.8 Å². The molecule has 2 aliphatic heterocycles. The number of rotatable bonds is 6. The number of anilines is 2. The van der Waals surface area contributed by atoms with Gasteiger partial charge in [-0.2, -0.15) is 13.2 Å².